The number of hydrogen-bond acceptors (Lipinski definition) is 3. The molecule has 0 aliphatic rings. The van der Waals surface area contributed by atoms with Gasteiger partial charge >= 0.3 is 0 Å². The molecule has 0 radical (unpaired) electrons. The first kappa shape index (κ1) is 16.3. The minimum atomic E-state index is 0.563. The van der Waals surface area contributed by atoms with Gasteiger partial charge in [0.2, 0.25) is 0 Å². The first-order valence-corrected chi connectivity index (χ1v) is 7.66. The molecule has 0 atom stereocenters. The van der Waals surface area contributed by atoms with Crippen molar-refractivity contribution < 1.29 is 4.74 Å². The minimum Gasteiger partial charge on any atom is -0.495 e. The van der Waals surface area contributed by atoms with Crippen molar-refractivity contribution in [3.63, 3.8) is 0 Å². The summed E-state index contributed by atoms with van der Waals surface area (Å²) in [6.07, 6.45) is 1.88. The standard InChI is InChI=1S/C16H22N4OS/c1-5-20-12(3)13(10-18-20)9-17-16(22)19-14-8-11(2)6-7-15(14)21-4/h6-8,10H,5,9H2,1-4H3,(H2,17,19,22). The third-order valence-corrected chi connectivity index (χ3v) is 3.79. The third kappa shape index (κ3) is 3.76. The number of benzene rings is 1. The Balaban J connectivity index is 1.98. The number of nitrogens with one attached hydrogen (secondary N) is 2. The second-order valence-electron chi connectivity index (χ2n) is 5.08. The van der Waals surface area contributed by atoms with Crippen LogP contribution in [0.4, 0.5) is 5.69 Å². The normalized spacial score (nSPS) is 10.4. The predicted molar refractivity (Wildman–Crippen MR) is 93.4 cm³/mol. The predicted octanol–water partition coefficient (Wildman–Crippen LogP) is 3.02. The van der Waals surface area contributed by atoms with Crippen LogP contribution in [0.2, 0.25) is 0 Å². The molecule has 2 rings (SSSR count). The van der Waals surface area contributed by atoms with E-state index in [0.29, 0.717) is 11.7 Å². The maximum absolute atomic E-state index is 5.36. The van der Waals surface area contributed by atoms with Gasteiger partial charge in [0.25, 0.3) is 0 Å². The summed E-state index contributed by atoms with van der Waals surface area (Å²) in [5.41, 5.74) is 4.31. The van der Waals surface area contributed by atoms with Crippen molar-refractivity contribution in [2.45, 2.75) is 33.9 Å². The molecule has 2 aromatic rings. The van der Waals surface area contributed by atoms with Gasteiger partial charge in [-0.1, -0.05) is 6.07 Å². The van der Waals surface area contributed by atoms with E-state index < -0.39 is 0 Å². The average molecular weight is 318 g/mol. The molecule has 1 aromatic carbocycles. The van der Waals surface area contributed by atoms with Gasteiger partial charge in [0.15, 0.2) is 5.11 Å². The second kappa shape index (κ2) is 7.26. The maximum Gasteiger partial charge on any atom is 0.171 e. The Kier molecular flexibility index (Phi) is 5.38. The molecule has 0 aliphatic carbocycles. The van der Waals surface area contributed by atoms with E-state index in [0.717, 1.165) is 34.8 Å². The smallest absolute Gasteiger partial charge is 0.171 e. The number of rotatable bonds is 5. The average Bonchev–Trinajstić information content (AvgIpc) is 2.85. The van der Waals surface area contributed by atoms with Crippen LogP contribution >= 0.6 is 12.2 Å². The van der Waals surface area contributed by atoms with Gasteiger partial charge in [-0.05, 0) is 50.7 Å². The van der Waals surface area contributed by atoms with E-state index in [1.165, 1.54) is 0 Å². The molecule has 0 fully saturated rings. The van der Waals surface area contributed by atoms with Crippen molar-refractivity contribution >= 4 is 23.0 Å². The molecule has 0 bridgehead atoms. The number of methoxy groups -OCH3 is 1. The molecule has 1 aromatic heterocycles. The number of thiocarbonyl (C=S) groups is 1. The monoisotopic (exact) mass is 318 g/mol. The van der Waals surface area contributed by atoms with Crippen LogP contribution < -0.4 is 15.4 Å². The highest BCUT2D eigenvalue weighted by molar-refractivity contribution is 7.80. The Hall–Kier alpha value is -2.08. The van der Waals surface area contributed by atoms with E-state index in [2.05, 4.69) is 29.6 Å². The Morgan fingerprint density at radius 3 is 2.77 bits per heavy atom. The molecule has 0 aliphatic heterocycles. The van der Waals surface area contributed by atoms with Gasteiger partial charge in [-0.2, -0.15) is 5.10 Å². The molecule has 118 valence electrons. The lowest BCUT2D eigenvalue weighted by molar-refractivity contribution is 0.417. The SMILES string of the molecule is CCn1ncc(CNC(=S)Nc2cc(C)ccc2OC)c1C. The molecule has 0 spiro atoms. The Morgan fingerprint density at radius 1 is 1.36 bits per heavy atom. The minimum absolute atomic E-state index is 0.563. The second-order valence-corrected chi connectivity index (χ2v) is 5.49. The molecular weight excluding hydrogens is 296 g/mol. The van der Waals surface area contributed by atoms with Crippen LogP contribution in [-0.4, -0.2) is 22.0 Å². The highest BCUT2D eigenvalue weighted by atomic mass is 32.1. The van der Waals surface area contributed by atoms with Gasteiger partial charge in [-0.3, -0.25) is 4.68 Å². The quantitative estimate of drug-likeness (QED) is 0.830. The van der Waals surface area contributed by atoms with E-state index >= 15 is 0 Å². The fraction of sp³-hybridized carbons (Fsp3) is 0.375. The summed E-state index contributed by atoms with van der Waals surface area (Å²) in [6.45, 7) is 7.69. The molecule has 0 saturated heterocycles. The van der Waals surface area contributed by atoms with Crippen molar-refractivity contribution in [3.05, 3.63) is 41.2 Å². The van der Waals surface area contributed by atoms with Gasteiger partial charge in [-0.25, -0.2) is 0 Å². The zero-order chi connectivity index (χ0) is 16.1. The van der Waals surface area contributed by atoms with Gasteiger partial charge in [0, 0.05) is 24.3 Å². The molecule has 0 saturated carbocycles. The van der Waals surface area contributed by atoms with Crippen LogP contribution in [0.3, 0.4) is 0 Å². The lowest BCUT2D eigenvalue weighted by atomic mass is 10.2. The summed E-state index contributed by atoms with van der Waals surface area (Å²) in [5, 5.41) is 11.3. The number of aryl methyl sites for hydroxylation is 2. The van der Waals surface area contributed by atoms with Crippen LogP contribution in [0.5, 0.6) is 5.75 Å². The number of hydrogen-bond donors (Lipinski definition) is 2. The molecule has 0 amide bonds. The highest BCUT2D eigenvalue weighted by Gasteiger charge is 2.08. The molecule has 2 N–H and O–H groups in total. The Bertz CT molecular complexity index is 666. The Labute approximate surface area is 136 Å². The van der Waals surface area contributed by atoms with Crippen molar-refractivity contribution in [2.24, 2.45) is 0 Å². The molecule has 1 heterocycles. The molecule has 0 unspecified atom stereocenters. The van der Waals surface area contributed by atoms with Crippen molar-refractivity contribution in [2.75, 3.05) is 12.4 Å². The van der Waals surface area contributed by atoms with Gasteiger partial charge in [0.05, 0.1) is 19.0 Å². The fourth-order valence-electron chi connectivity index (χ4n) is 2.24. The van der Waals surface area contributed by atoms with Crippen molar-refractivity contribution in [1.29, 1.82) is 0 Å². The van der Waals surface area contributed by atoms with Crippen LogP contribution in [0.25, 0.3) is 0 Å². The van der Waals surface area contributed by atoms with E-state index in [4.69, 9.17) is 17.0 Å². The van der Waals surface area contributed by atoms with Crippen LogP contribution in [0.15, 0.2) is 24.4 Å². The zero-order valence-corrected chi connectivity index (χ0v) is 14.3. The lowest BCUT2D eigenvalue weighted by Gasteiger charge is -2.14. The Morgan fingerprint density at radius 2 is 2.14 bits per heavy atom. The summed E-state index contributed by atoms with van der Waals surface area (Å²) >= 11 is 5.36. The number of ether oxygens (including phenoxy) is 1. The van der Waals surface area contributed by atoms with Gasteiger partial charge in [0.1, 0.15) is 5.75 Å². The van der Waals surface area contributed by atoms with Crippen LogP contribution in [0.1, 0.15) is 23.7 Å². The molecular formula is C16H22N4OS. The fourth-order valence-corrected chi connectivity index (χ4v) is 2.42. The summed E-state index contributed by atoms with van der Waals surface area (Å²) < 4.78 is 7.31. The largest absolute Gasteiger partial charge is 0.495 e. The summed E-state index contributed by atoms with van der Waals surface area (Å²) in [4.78, 5) is 0. The first-order chi connectivity index (χ1) is 10.5. The summed E-state index contributed by atoms with van der Waals surface area (Å²) in [7, 11) is 1.65. The molecule has 5 nitrogen and oxygen atoms in total. The van der Waals surface area contributed by atoms with E-state index in [1.54, 1.807) is 7.11 Å². The number of aromatic nitrogens is 2. The molecule has 6 heteroatoms. The van der Waals surface area contributed by atoms with E-state index in [-0.39, 0.29) is 0 Å². The van der Waals surface area contributed by atoms with E-state index in [1.807, 2.05) is 36.0 Å². The lowest BCUT2D eigenvalue weighted by Crippen LogP contribution is -2.28. The zero-order valence-electron chi connectivity index (χ0n) is 13.4. The topological polar surface area (TPSA) is 51.1 Å². The molecule has 22 heavy (non-hydrogen) atoms. The number of anilines is 1. The third-order valence-electron chi connectivity index (χ3n) is 3.55. The highest BCUT2D eigenvalue weighted by Crippen LogP contribution is 2.25. The summed E-state index contributed by atoms with van der Waals surface area (Å²) in [5.74, 6) is 0.768. The van der Waals surface area contributed by atoms with E-state index in [9.17, 15) is 0 Å². The maximum atomic E-state index is 5.36. The van der Waals surface area contributed by atoms with Gasteiger partial charge in [-0.15, -0.1) is 0 Å². The van der Waals surface area contributed by atoms with Crippen molar-refractivity contribution in [1.82, 2.24) is 15.1 Å². The summed E-state index contributed by atoms with van der Waals surface area (Å²) in [6, 6.07) is 5.94. The number of nitrogens with zero attached hydrogens (tertiary/aromatic N) is 2. The van der Waals surface area contributed by atoms with Crippen molar-refractivity contribution in [3.8, 4) is 5.75 Å². The first-order valence-electron chi connectivity index (χ1n) is 7.26. The van der Waals surface area contributed by atoms with Crippen LogP contribution in [-0.2, 0) is 13.1 Å². The van der Waals surface area contributed by atoms with Crippen LogP contribution in [0, 0.1) is 13.8 Å². The van der Waals surface area contributed by atoms with Gasteiger partial charge < -0.3 is 15.4 Å².